The van der Waals surface area contributed by atoms with Crippen LogP contribution in [0.15, 0.2) is 11.0 Å². The highest BCUT2D eigenvalue weighted by Crippen LogP contribution is 2.32. The van der Waals surface area contributed by atoms with Crippen molar-refractivity contribution in [3.63, 3.8) is 0 Å². The minimum atomic E-state index is -3.72. The number of aryl methyl sites for hydroxylation is 2. The van der Waals surface area contributed by atoms with Gasteiger partial charge in [0.1, 0.15) is 6.04 Å². The van der Waals surface area contributed by atoms with Gasteiger partial charge in [-0.2, -0.15) is 4.31 Å². The van der Waals surface area contributed by atoms with Gasteiger partial charge >= 0.3 is 5.97 Å². The number of hydrogen-bond acceptors (Lipinski definition) is 4. The van der Waals surface area contributed by atoms with Gasteiger partial charge < -0.3 is 4.74 Å². The Balaban J connectivity index is 2.59. The Morgan fingerprint density at radius 3 is 2.23 bits per heavy atom. The van der Waals surface area contributed by atoms with E-state index in [1.165, 1.54) is 11.4 Å². The summed E-state index contributed by atoms with van der Waals surface area (Å²) in [6.45, 7) is 7.80. The number of rotatable bonds is 3. The van der Waals surface area contributed by atoms with E-state index in [1.54, 1.807) is 0 Å². The van der Waals surface area contributed by atoms with Gasteiger partial charge in [0.05, 0.1) is 12.0 Å². The number of hydrogen-bond donors (Lipinski definition) is 0. The number of ether oxygens (including phenoxy) is 1. The highest BCUT2D eigenvalue weighted by Gasteiger charge is 2.41. The lowest BCUT2D eigenvalue weighted by atomic mass is 10.0. The average molecular weight is 325 g/mol. The van der Waals surface area contributed by atoms with Crippen molar-refractivity contribution in [1.29, 1.82) is 0 Å². The van der Waals surface area contributed by atoms with Gasteiger partial charge in [-0.3, -0.25) is 4.79 Å². The van der Waals surface area contributed by atoms with E-state index in [4.69, 9.17) is 4.74 Å². The van der Waals surface area contributed by atoms with E-state index in [-0.39, 0.29) is 0 Å². The van der Waals surface area contributed by atoms with Crippen LogP contribution in [0.25, 0.3) is 0 Å². The fourth-order valence-corrected chi connectivity index (χ4v) is 5.31. The smallest absolute Gasteiger partial charge is 0.324 e. The van der Waals surface area contributed by atoms with Crippen LogP contribution in [-0.4, -0.2) is 38.4 Å². The van der Waals surface area contributed by atoms with E-state index in [0.29, 0.717) is 24.3 Å². The molecule has 122 valence electrons. The van der Waals surface area contributed by atoms with Crippen LogP contribution in [0.1, 0.15) is 35.1 Å². The summed E-state index contributed by atoms with van der Waals surface area (Å²) in [6, 6.07) is 1.28. The van der Waals surface area contributed by atoms with E-state index in [9.17, 15) is 13.2 Å². The molecule has 0 radical (unpaired) electrons. The predicted molar refractivity (Wildman–Crippen MR) is 84.3 cm³/mol. The second-order valence-corrected chi connectivity index (χ2v) is 7.71. The van der Waals surface area contributed by atoms with Gasteiger partial charge in [0.25, 0.3) is 0 Å². The molecule has 0 saturated carbocycles. The van der Waals surface area contributed by atoms with E-state index in [2.05, 4.69) is 0 Å². The van der Waals surface area contributed by atoms with Crippen molar-refractivity contribution in [3.8, 4) is 0 Å². The molecule has 5 nitrogen and oxygen atoms in total. The lowest BCUT2D eigenvalue weighted by molar-refractivity contribution is -0.144. The first-order valence-corrected chi connectivity index (χ1v) is 8.83. The molecule has 0 N–H and O–H groups in total. The molecule has 6 heteroatoms. The van der Waals surface area contributed by atoms with Crippen LogP contribution in [0.3, 0.4) is 0 Å². The van der Waals surface area contributed by atoms with Crippen LogP contribution in [0, 0.1) is 27.7 Å². The molecule has 1 saturated heterocycles. The van der Waals surface area contributed by atoms with Crippen molar-refractivity contribution in [3.05, 3.63) is 28.3 Å². The van der Waals surface area contributed by atoms with E-state index >= 15 is 0 Å². The van der Waals surface area contributed by atoms with Gasteiger partial charge in [0, 0.05) is 6.54 Å². The third-order valence-electron chi connectivity index (χ3n) is 4.54. The Labute approximate surface area is 132 Å². The highest BCUT2D eigenvalue weighted by molar-refractivity contribution is 7.89. The molecule has 0 bridgehead atoms. The third kappa shape index (κ3) is 2.65. The van der Waals surface area contributed by atoms with Crippen molar-refractivity contribution in [1.82, 2.24) is 4.31 Å². The van der Waals surface area contributed by atoms with Crippen molar-refractivity contribution < 1.29 is 17.9 Å². The van der Waals surface area contributed by atoms with Gasteiger partial charge in [-0.25, -0.2) is 8.42 Å². The number of sulfonamides is 1. The zero-order valence-corrected chi connectivity index (χ0v) is 14.6. The summed E-state index contributed by atoms with van der Waals surface area (Å²) in [7, 11) is -2.43. The molecule has 0 aliphatic carbocycles. The molecule has 0 aromatic heterocycles. The SMILES string of the molecule is COC(=O)C1CCCN1S(=O)(=O)c1c(C)c(C)cc(C)c1C. The largest absolute Gasteiger partial charge is 0.468 e. The Morgan fingerprint density at radius 1 is 1.18 bits per heavy atom. The zero-order chi connectivity index (χ0) is 16.7. The van der Waals surface area contributed by atoms with Crippen LogP contribution in [0.4, 0.5) is 0 Å². The van der Waals surface area contributed by atoms with Gasteiger partial charge in [-0.1, -0.05) is 6.07 Å². The van der Waals surface area contributed by atoms with Crippen LogP contribution in [-0.2, 0) is 19.6 Å². The average Bonchev–Trinajstić information content (AvgIpc) is 2.94. The summed E-state index contributed by atoms with van der Waals surface area (Å²) < 4.78 is 32.3. The minimum Gasteiger partial charge on any atom is -0.468 e. The minimum absolute atomic E-state index is 0.334. The van der Waals surface area contributed by atoms with Crippen LogP contribution >= 0.6 is 0 Å². The topological polar surface area (TPSA) is 63.7 Å². The van der Waals surface area contributed by atoms with E-state index in [0.717, 1.165) is 22.3 Å². The second kappa shape index (κ2) is 6.01. The maximum atomic E-state index is 13.1. The standard InChI is InChI=1S/C16H23NO4S/c1-10-9-11(2)13(4)15(12(10)3)22(19,20)17-8-6-7-14(17)16(18)21-5/h9,14H,6-8H2,1-5H3. The molecule has 0 amide bonds. The van der Waals surface area contributed by atoms with E-state index < -0.39 is 22.0 Å². The maximum Gasteiger partial charge on any atom is 0.324 e. The molecule has 1 unspecified atom stereocenters. The fraction of sp³-hybridized carbons (Fsp3) is 0.562. The maximum absolute atomic E-state index is 13.1. The number of nitrogens with zero attached hydrogens (tertiary/aromatic N) is 1. The summed E-state index contributed by atoms with van der Waals surface area (Å²) in [5.41, 5.74) is 3.38. The number of benzene rings is 1. The summed E-state index contributed by atoms with van der Waals surface area (Å²) >= 11 is 0. The number of carbonyl (C=O) groups is 1. The summed E-state index contributed by atoms with van der Waals surface area (Å²) in [6.07, 6.45) is 1.18. The second-order valence-electron chi connectivity index (χ2n) is 5.89. The lowest BCUT2D eigenvalue weighted by Gasteiger charge is -2.25. The molecule has 1 aliphatic heterocycles. The molecule has 1 aromatic carbocycles. The lowest BCUT2D eigenvalue weighted by Crippen LogP contribution is -2.41. The number of carbonyl (C=O) groups excluding carboxylic acids is 1. The summed E-state index contributed by atoms with van der Waals surface area (Å²) in [4.78, 5) is 12.2. The Bertz CT molecular complexity index is 683. The Kier molecular flexibility index (Phi) is 4.63. The molecule has 1 aliphatic rings. The van der Waals surface area contributed by atoms with Gasteiger partial charge in [0.15, 0.2) is 0 Å². The predicted octanol–water partition coefficient (Wildman–Crippen LogP) is 2.25. The Morgan fingerprint density at radius 2 is 1.73 bits per heavy atom. The molecule has 2 rings (SSSR count). The van der Waals surface area contributed by atoms with Crippen molar-refractivity contribution >= 4 is 16.0 Å². The third-order valence-corrected chi connectivity index (χ3v) is 6.72. The quantitative estimate of drug-likeness (QED) is 0.800. The van der Waals surface area contributed by atoms with E-state index in [1.807, 2.05) is 33.8 Å². The molecule has 1 fully saturated rings. The first-order valence-electron chi connectivity index (χ1n) is 7.39. The first kappa shape index (κ1) is 17.0. The molecule has 22 heavy (non-hydrogen) atoms. The molecular weight excluding hydrogens is 302 g/mol. The number of esters is 1. The first-order chi connectivity index (χ1) is 10.2. The molecule has 1 heterocycles. The van der Waals surface area contributed by atoms with Gasteiger partial charge in [-0.05, 0) is 62.8 Å². The van der Waals surface area contributed by atoms with Crippen molar-refractivity contribution in [2.45, 2.75) is 51.5 Å². The fourth-order valence-electron chi connectivity index (χ4n) is 3.08. The van der Waals surface area contributed by atoms with Crippen molar-refractivity contribution in [2.24, 2.45) is 0 Å². The molecule has 0 spiro atoms. The van der Waals surface area contributed by atoms with Crippen LogP contribution in [0.5, 0.6) is 0 Å². The molecular formula is C16H23NO4S. The van der Waals surface area contributed by atoms with Crippen molar-refractivity contribution in [2.75, 3.05) is 13.7 Å². The van der Waals surface area contributed by atoms with Crippen LogP contribution in [0.2, 0.25) is 0 Å². The van der Waals surface area contributed by atoms with Gasteiger partial charge in [-0.15, -0.1) is 0 Å². The molecule has 1 atom stereocenters. The van der Waals surface area contributed by atoms with Crippen LogP contribution < -0.4 is 0 Å². The molecule has 1 aromatic rings. The summed E-state index contributed by atoms with van der Waals surface area (Å²) in [5, 5.41) is 0. The van der Waals surface area contributed by atoms with Gasteiger partial charge in [0.2, 0.25) is 10.0 Å². The summed E-state index contributed by atoms with van der Waals surface area (Å²) in [5.74, 6) is -0.485. The normalized spacial score (nSPS) is 19.4. The highest BCUT2D eigenvalue weighted by atomic mass is 32.2. The monoisotopic (exact) mass is 325 g/mol. The number of methoxy groups -OCH3 is 1. The Hall–Kier alpha value is -1.40. The zero-order valence-electron chi connectivity index (χ0n) is 13.8.